The van der Waals surface area contributed by atoms with E-state index >= 15 is 0 Å². The van der Waals surface area contributed by atoms with Crippen molar-refractivity contribution in [1.82, 2.24) is 4.98 Å². The number of ether oxygens (including phenoxy) is 1. The smallest absolute Gasteiger partial charge is 0.126 e. The maximum absolute atomic E-state index is 5.13. The van der Waals surface area contributed by atoms with Crippen LogP contribution in [0.5, 0.6) is 0 Å². The van der Waals surface area contributed by atoms with E-state index in [1.807, 2.05) is 25.3 Å². The summed E-state index contributed by atoms with van der Waals surface area (Å²) in [5.41, 5.74) is 3.59. The molecule has 0 spiro atoms. The van der Waals surface area contributed by atoms with Crippen molar-refractivity contribution in [3.05, 3.63) is 59.3 Å². The number of benzene rings is 1. The van der Waals surface area contributed by atoms with Crippen molar-refractivity contribution in [2.24, 2.45) is 0 Å². The number of aryl methyl sites for hydroxylation is 1. The first-order valence-corrected chi connectivity index (χ1v) is 6.01. The number of hydrogen-bond acceptors (Lipinski definition) is 3. The zero-order valence-electron chi connectivity index (χ0n) is 10.8. The van der Waals surface area contributed by atoms with Gasteiger partial charge in [0.2, 0.25) is 0 Å². The van der Waals surface area contributed by atoms with Crippen LogP contribution in [0.25, 0.3) is 0 Å². The van der Waals surface area contributed by atoms with E-state index in [2.05, 4.69) is 34.6 Å². The van der Waals surface area contributed by atoms with Gasteiger partial charge in [-0.3, -0.25) is 0 Å². The average Bonchev–Trinajstić information content (AvgIpc) is 2.39. The Bertz CT molecular complexity index is 494. The maximum Gasteiger partial charge on any atom is 0.126 e. The van der Waals surface area contributed by atoms with E-state index in [-0.39, 0.29) is 0 Å². The number of anilines is 1. The second-order valence-electron chi connectivity index (χ2n) is 4.33. The fourth-order valence-electron chi connectivity index (χ4n) is 1.76. The maximum atomic E-state index is 5.13. The molecule has 0 aliphatic carbocycles. The summed E-state index contributed by atoms with van der Waals surface area (Å²) in [6.45, 7) is 3.45. The number of aromatic nitrogens is 1. The predicted molar refractivity (Wildman–Crippen MR) is 73.5 cm³/mol. The molecule has 0 saturated carbocycles. The molecular weight excluding hydrogens is 224 g/mol. The number of pyridine rings is 1. The summed E-state index contributed by atoms with van der Waals surface area (Å²) in [6, 6.07) is 12.4. The Kier molecular flexibility index (Phi) is 4.31. The first-order chi connectivity index (χ1) is 8.78. The van der Waals surface area contributed by atoms with E-state index in [0.717, 1.165) is 12.4 Å². The molecule has 0 atom stereocenters. The Morgan fingerprint density at radius 3 is 2.72 bits per heavy atom. The van der Waals surface area contributed by atoms with Crippen molar-refractivity contribution in [1.29, 1.82) is 0 Å². The normalized spacial score (nSPS) is 10.3. The third-order valence-electron chi connectivity index (χ3n) is 2.69. The molecule has 3 nitrogen and oxygen atoms in total. The lowest BCUT2D eigenvalue weighted by molar-refractivity contribution is 0.185. The van der Waals surface area contributed by atoms with Crippen LogP contribution in [-0.4, -0.2) is 12.1 Å². The fourth-order valence-corrected chi connectivity index (χ4v) is 1.76. The second-order valence-corrected chi connectivity index (χ2v) is 4.33. The van der Waals surface area contributed by atoms with Gasteiger partial charge in [-0.2, -0.15) is 0 Å². The van der Waals surface area contributed by atoms with E-state index in [9.17, 15) is 0 Å². The van der Waals surface area contributed by atoms with E-state index in [4.69, 9.17) is 4.74 Å². The Balaban J connectivity index is 1.97. The molecule has 0 bridgehead atoms. The van der Waals surface area contributed by atoms with Gasteiger partial charge in [-0.1, -0.05) is 30.3 Å². The first-order valence-electron chi connectivity index (χ1n) is 6.01. The van der Waals surface area contributed by atoms with Gasteiger partial charge in [-0.25, -0.2) is 4.98 Å². The summed E-state index contributed by atoms with van der Waals surface area (Å²) in [5.74, 6) is 0.901. The van der Waals surface area contributed by atoms with Gasteiger partial charge < -0.3 is 10.1 Å². The summed E-state index contributed by atoms with van der Waals surface area (Å²) in [7, 11) is 1.71. The molecule has 1 N–H and O–H groups in total. The van der Waals surface area contributed by atoms with Crippen molar-refractivity contribution >= 4 is 5.82 Å². The highest BCUT2D eigenvalue weighted by molar-refractivity contribution is 5.37. The molecule has 0 amide bonds. The van der Waals surface area contributed by atoms with Gasteiger partial charge in [0.05, 0.1) is 6.61 Å². The number of nitrogens with one attached hydrogen (secondary N) is 1. The summed E-state index contributed by atoms with van der Waals surface area (Å²) < 4.78 is 5.13. The van der Waals surface area contributed by atoms with Crippen LogP contribution in [0, 0.1) is 6.92 Å². The summed E-state index contributed by atoms with van der Waals surface area (Å²) in [5, 5.41) is 3.31. The van der Waals surface area contributed by atoms with Crippen molar-refractivity contribution in [2.45, 2.75) is 20.1 Å². The third kappa shape index (κ3) is 3.57. The van der Waals surface area contributed by atoms with E-state index in [1.165, 1.54) is 16.7 Å². The zero-order chi connectivity index (χ0) is 12.8. The molecule has 2 rings (SSSR count). The molecule has 0 fully saturated rings. The van der Waals surface area contributed by atoms with Gasteiger partial charge in [0.25, 0.3) is 0 Å². The van der Waals surface area contributed by atoms with Crippen LogP contribution < -0.4 is 5.32 Å². The standard InChI is InChI=1S/C15H18N2O/c1-12-6-7-15(16-9-12)17-10-13-4-3-5-14(8-13)11-18-2/h3-9H,10-11H2,1-2H3,(H,16,17). The summed E-state index contributed by atoms with van der Waals surface area (Å²) in [6.07, 6.45) is 1.86. The lowest BCUT2D eigenvalue weighted by atomic mass is 10.1. The van der Waals surface area contributed by atoms with Crippen molar-refractivity contribution in [3.63, 3.8) is 0 Å². The molecule has 2 aromatic rings. The van der Waals surface area contributed by atoms with Crippen LogP contribution in [0.1, 0.15) is 16.7 Å². The fraction of sp³-hybridized carbons (Fsp3) is 0.267. The van der Waals surface area contributed by atoms with E-state index < -0.39 is 0 Å². The van der Waals surface area contributed by atoms with Gasteiger partial charge in [0.15, 0.2) is 0 Å². The van der Waals surface area contributed by atoms with Gasteiger partial charge in [0.1, 0.15) is 5.82 Å². The van der Waals surface area contributed by atoms with E-state index in [0.29, 0.717) is 6.61 Å². The lowest BCUT2D eigenvalue weighted by Gasteiger charge is -2.07. The molecule has 0 unspecified atom stereocenters. The van der Waals surface area contributed by atoms with Crippen LogP contribution in [0.4, 0.5) is 5.82 Å². The minimum Gasteiger partial charge on any atom is -0.380 e. The number of rotatable bonds is 5. The third-order valence-corrected chi connectivity index (χ3v) is 2.69. The highest BCUT2D eigenvalue weighted by Gasteiger charge is 1.97. The summed E-state index contributed by atoms with van der Waals surface area (Å²) in [4.78, 5) is 4.32. The highest BCUT2D eigenvalue weighted by atomic mass is 16.5. The zero-order valence-corrected chi connectivity index (χ0v) is 10.8. The Hall–Kier alpha value is -1.87. The van der Waals surface area contributed by atoms with Gasteiger partial charge in [-0.15, -0.1) is 0 Å². The van der Waals surface area contributed by atoms with Crippen LogP contribution in [0.2, 0.25) is 0 Å². The molecule has 0 saturated heterocycles. The first kappa shape index (κ1) is 12.6. The van der Waals surface area contributed by atoms with E-state index in [1.54, 1.807) is 7.11 Å². The highest BCUT2D eigenvalue weighted by Crippen LogP contribution is 2.09. The quantitative estimate of drug-likeness (QED) is 0.874. The predicted octanol–water partition coefficient (Wildman–Crippen LogP) is 3.15. The minimum atomic E-state index is 0.649. The van der Waals surface area contributed by atoms with Crippen LogP contribution >= 0.6 is 0 Å². The minimum absolute atomic E-state index is 0.649. The van der Waals surface area contributed by atoms with Crippen molar-refractivity contribution in [3.8, 4) is 0 Å². The Labute approximate surface area is 108 Å². The average molecular weight is 242 g/mol. The van der Waals surface area contributed by atoms with Gasteiger partial charge in [-0.05, 0) is 29.7 Å². The topological polar surface area (TPSA) is 34.1 Å². The van der Waals surface area contributed by atoms with Crippen LogP contribution in [0.15, 0.2) is 42.6 Å². The van der Waals surface area contributed by atoms with Crippen molar-refractivity contribution in [2.75, 3.05) is 12.4 Å². The lowest BCUT2D eigenvalue weighted by Crippen LogP contribution is -2.01. The molecule has 1 heterocycles. The molecule has 0 aliphatic heterocycles. The molecule has 18 heavy (non-hydrogen) atoms. The second kappa shape index (κ2) is 6.17. The summed E-state index contributed by atoms with van der Waals surface area (Å²) >= 11 is 0. The molecule has 94 valence electrons. The largest absolute Gasteiger partial charge is 0.380 e. The van der Waals surface area contributed by atoms with Crippen molar-refractivity contribution < 1.29 is 4.74 Å². The van der Waals surface area contributed by atoms with Gasteiger partial charge >= 0.3 is 0 Å². The monoisotopic (exact) mass is 242 g/mol. The number of hydrogen-bond donors (Lipinski definition) is 1. The molecule has 1 aromatic carbocycles. The molecule has 1 aromatic heterocycles. The number of methoxy groups -OCH3 is 1. The molecule has 0 aliphatic rings. The Morgan fingerprint density at radius 1 is 1.17 bits per heavy atom. The SMILES string of the molecule is COCc1cccc(CNc2ccc(C)cn2)c1. The molecule has 0 radical (unpaired) electrons. The number of nitrogens with zero attached hydrogens (tertiary/aromatic N) is 1. The molecular formula is C15H18N2O. The van der Waals surface area contributed by atoms with Gasteiger partial charge in [0, 0.05) is 19.9 Å². The molecule has 3 heteroatoms. The van der Waals surface area contributed by atoms with Crippen LogP contribution in [0.3, 0.4) is 0 Å². The van der Waals surface area contributed by atoms with Crippen LogP contribution in [-0.2, 0) is 17.9 Å². The Morgan fingerprint density at radius 2 is 2.00 bits per heavy atom.